The Morgan fingerprint density at radius 2 is 1.80 bits per heavy atom. The van der Waals surface area contributed by atoms with Crippen LogP contribution in [0.2, 0.25) is 10.0 Å². The lowest BCUT2D eigenvalue weighted by atomic mass is 9.99. The number of likely N-dealkylation sites (tertiary alicyclic amines) is 1. The van der Waals surface area contributed by atoms with Crippen molar-refractivity contribution in [1.82, 2.24) is 15.2 Å². The molecule has 4 rings (SSSR count). The predicted octanol–water partition coefficient (Wildman–Crippen LogP) is 6.20. The van der Waals surface area contributed by atoms with Crippen LogP contribution in [0, 0.1) is 0 Å². The molecule has 1 aliphatic rings. The SMILES string of the molecule is COC(=O)C(Cc1ccc2nc(-c3c(Cl)cccc3Cl)ccc2c1)NC(=O)[C@@H]1CCCCN1C(=O)OC(C)(C)C. The van der Waals surface area contributed by atoms with E-state index in [9.17, 15) is 14.4 Å². The number of hydrogen-bond acceptors (Lipinski definition) is 6. The first-order valence-corrected chi connectivity index (χ1v) is 13.9. The maximum Gasteiger partial charge on any atom is 0.410 e. The summed E-state index contributed by atoms with van der Waals surface area (Å²) in [6.45, 7) is 5.75. The van der Waals surface area contributed by atoms with Crippen LogP contribution in [0.15, 0.2) is 48.5 Å². The number of nitrogens with one attached hydrogen (secondary N) is 1. The van der Waals surface area contributed by atoms with E-state index in [1.165, 1.54) is 12.0 Å². The van der Waals surface area contributed by atoms with E-state index < -0.39 is 35.7 Å². The number of aromatic nitrogens is 1. The van der Waals surface area contributed by atoms with Gasteiger partial charge in [0.2, 0.25) is 5.91 Å². The molecule has 2 amide bonds. The molecule has 0 radical (unpaired) electrons. The maximum absolute atomic E-state index is 13.3. The highest BCUT2D eigenvalue weighted by Gasteiger charge is 2.36. The highest BCUT2D eigenvalue weighted by atomic mass is 35.5. The first-order valence-electron chi connectivity index (χ1n) is 13.2. The van der Waals surface area contributed by atoms with Gasteiger partial charge in [0.1, 0.15) is 17.7 Å². The van der Waals surface area contributed by atoms with Crippen LogP contribution in [0.5, 0.6) is 0 Å². The topological polar surface area (TPSA) is 97.8 Å². The molecular weight excluding hydrogens is 553 g/mol. The Morgan fingerprint density at radius 3 is 2.48 bits per heavy atom. The van der Waals surface area contributed by atoms with Crippen molar-refractivity contribution < 1.29 is 23.9 Å². The third-order valence-electron chi connectivity index (χ3n) is 6.65. The quantitative estimate of drug-likeness (QED) is 0.346. The number of benzene rings is 2. The first kappa shape index (κ1) is 29.6. The van der Waals surface area contributed by atoms with Crippen LogP contribution >= 0.6 is 23.2 Å². The summed E-state index contributed by atoms with van der Waals surface area (Å²) in [5.41, 5.74) is 2.16. The molecule has 0 spiro atoms. The van der Waals surface area contributed by atoms with E-state index >= 15 is 0 Å². The Morgan fingerprint density at radius 1 is 1.07 bits per heavy atom. The number of nitrogens with zero attached hydrogens (tertiary/aromatic N) is 2. The molecule has 0 saturated carbocycles. The number of esters is 1. The number of ether oxygens (including phenoxy) is 2. The minimum atomic E-state index is -0.938. The first-order chi connectivity index (χ1) is 19.0. The van der Waals surface area contributed by atoms with Gasteiger partial charge in [0.25, 0.3) is 0 Å². The standard InChI is InChI=1S/C30H33Cl2N3O5/c1-30(2,3)40-29(38)35-15-6-5-10-25(35)27(36)34-24(28(37)39-4)17-18-11-13-22-19(16-18)12-14-23(33-22)26-20(31)8-7-9-21(26)32/h7-9,11-14,16,24-25H,5-6,10,15,17H2,1-4H3,(H,34,36)/t24?,25-/m0/s1. The number of methoxy groups -OCH3 is 1. The van der Waals surface area contributed by atoms with Gasteiger partial charge in [0.05, 0.1) is 28.4 Å². The number of hydrogen-bond donors (Lipinski definition) is 1. The highest BCUT2D eigenvalue weighted by Crippen LogP contribution is 2.34. The van der Waals surface area contributed by atoms with Gasteiger partial charge < -0.3 is 14.8 Å². The molecule has 0 bridgehead atoms. The zero-order valence-electron chi connectivity index (χ0n) is 23.0. The van der Waals surface area contributed by atoms with E-state index in [2.05, 4.69) is 5.32 Å². The van der Waals surface area contributed by atoms with Crippen LogP contribution in [-0.2, 0) is 25.5 Å². The van der Waals surface area contributed by atoms with Crippen LogP contribution in [0.3, 0.4) is 0 Å². The number of rotatable bonds is 6. The molecule has 1 aromatic heterocycles. The highest BCUT2D eigenvalue weighted by molar-refractivity contribution is 6.39. The Bertz CT molecular complexity index is 1400. The zero-order chi connectivity index (χ0) is 29.0. The van der Waals surface area contributed by atoms with Crippen molar-refractivity contribution in [3.63, 3.8) is 0 Å². The number of halogens is 2. The average molecular weight is 587 g/mol. The smallest absolute Gasteiger partial charge is 0.410 e. The summed E-state index contributed by atoms with van der Waals surface area (Å²) in [7, 11) is 1.28. The fourth-order valence-corrected chi connectivity index (χ4v) is 5.36. The van der Waals surface area contributed by atoms with Gasteiger partial charge in [-0.1, -0.05) is 41.4 Å². The largest absolute Gasteiger partial charge is 0.467 e. The minimum Gasteiger partial charge on any atom is -0.467 e. The van der Waals surface area contributed by atoms with Crippen molar-refractivity contribution in [2.75, 3.05) is 13.7 Å². The molecule has 1 N–H and O–H groups in total. The molecule has 10 heteroatoms. The molecule has 2 aromatic carbocycles. The maximum atomic E-state index is 13.3. The van der Waals surface area contributed by atoms with E-state index in [0.717, 1.165) is 29.3 Å². The van der Waals surface area contributed by atoms with Crippen molar-refractivity contribution in [3.05, 3.63) is 64.1 Å². The van der Waals surface area contributed by atoms with Crippen LogP contribution in [0.25, 0.3) is 22.2 Å². The molecule has 2 heterocycles. The fourth-order valence-electron chi connectivity index (χ4n) is 4.77. The van der Waals surface area contributed by atoms with Crippen LogP contribution < -0.4 is 5.32 Å². The fraction of sp³-hybridized carbons (Fsp3) is 0.400. The molecule has 1 aliphatic heterocycles. The zero-order valence-corrected chi connectivity index (χ0v) is 24.5. The van der Waals surface area contributed by atoms with Gasteiger partial charge in [0.15, 0.2) is 0 Å². The third kappa shape index (κ3) is 7.04. The second-order valence-corrected chi connectivity index (χ2v) is 11.6. The molecule has 3 aromatic rings. The molecule has 2 atom stereocenters. The summed E-state index contributed by atoms with van der Waals surface area (Å²) in [6, 6.07) is 13.0. The molecule has 1 unspecified atom stereocenters. The number of carbonyl (C=O) groups is 3. The van der Waals surface area contributed by atoms with Crippen LogP contribution in [0.4, 0.5) is 4.79 Å². The van der Waals surface area contributed by atoms with Crippen LogP contribution in [0.1, 0.15) is 45.6 Å². The summed E-state index contributed by atoms with van der Waals surface area (Å²) in [4.78, 5) is 45.0. The summed E-state index contributed by atoms with van der Waals surface area (Å²) < 4.78 is 10.5. The lowest BCUT2D eigenvalue weighted by Crippen LogP contribution is -2.56. The number of piperidine rings is 1. The van der Waals surface area contributed by atoms with E-state index in [0.29, 0.717) is 34.3 Å². The van der Waals surface area contributed by atoms with Crippen molar-refractivity contribution in [2.45, 2.75) is 64.1 Å². The number of pyridine rings is 1. The van der Waals surface area contributed by atoms with Crippen molar-refractivity contribution in [3.8, 4) is 11.3 Å². The minimum absolute atomic E-state index is 0.200. The Balaban J connectivity index is 1.53. The van der Waals surface area contributed by atoms with Crippen molar-refractivity contribution >= 4 is 52.1 Å². The summed E-state index contributed by atoms with van der Waals surface area (Å²) in [5.74, 6) is -0.986. The third-order valence-corrected chi connectivity index (χ3v) is 7.28. The monoisotopic (exact) mass is 585 g/mol. The lowest BCUT2D eigenvalue weighted by molar-refractivity contribution is -0.145. The molecule has 1 fully saturated rings. The van der Waals surface area contributed by atoms with Gasteiger partial charge in [-0.3, -0.25) is 9.69 Å². The molecule has 0 aliphatic carbocycles. The molecule has 8 nitrogen and oxygen atoms in total. The van der Waals surface area contributed by atoms with Gasteiger partial charge in [-0.2, -0.15) is 0 Å². The molecular formula is C30H33Cl2N3O5. The lowest BCUT2D eigenvalue weighted by Gasteiger charge is -2.36. The molecule has 40 heavy (non-hydrogen) atoms. The summed E-state index contributed by atoms with van der Waals surface area (Å²) >= 11 is 12.7. The normalized spacial score (nSPS) is 16.4. The van der Waals surface area contributed by atoms with Gasteiger partial charge in [0, 0.05) is 23.9 Å². The van der Waals surface area contributed by atoms with E-state index in [4.69, 9.17) is 37.7 Å². The van der Waals surface area contributed by atoms with Crippen molar-refractivity contribution in [2.24, 2.45) is 0 Å². The van der Waals surface area contributed by atoms with Crippen LogP contribution in [-0.4, -0.2) is 59.2 Å². The van der Waals surface area contributed by atoms with Crippen molar-refractivity contribution in [1.29, 1.82) is 0 Å². The van der Waals surface area contributed by atoms with Gasteiger partial charge in [-0.15, -0.1) is 0 Å². The Kier molecular flexibility index (Phi) is 9.21. The average Bonchev–Trinajstić information content (AvgIpc) is 2.91. The summed E-state index contributed by atoms with van der Waals surface area (Å²) in [6.07, 6.45) is 1.71. The number of carbonyl (C=O) groups excluding carboxylic acids is 3. The number of amides is 2. The summed E-state index contributed by atoms with van der Waals surface area (Å²) in [5, 5.41) is 4.69. The van der Waals surface area contributed by atoms with Gasteiger partial charge in [-0.25, -0.2) is 14.6 Å². The molecule has 1 saturated heterocycles. The molecule has 212 valence electrons. The van der Waals surface area contributed by atoms with Gasteiger partial charge in [-0.05, 0) is 75.9 Å². The van der Waals surface area contributed by atoms with E-state index in [1.54, 1.807) is 39.0 Å². The second kappa shape index (κ2) is 12.4. The van der Waals surface area contributed by atoms with Gasteiger partial charge >= 0.3 is 12.1 Å². The van der Waals surface area contributed by atoms with E-state index in [1.807, 2.05) is 30.3 Å². The second-order valence-electron chi connectivity index (χ2n) is 10.8. The number of fused-ring (bicyclic) bond motifs is 1. The Labute approximate surface area is 243 Å². The predicted molar refractivity (Wildman–Crippen MR) is 155 cm³/mol. The van der Waals surface area contributed by atoms with E-state index in [-0.39, 0.29) is 6.42 Å². The Hall–Kier alpha value is -3.36.